The largest absolute Gasteiger partial charge is 0.383 e. The van der Waals surface area contributed by atoms with Crippen LogP contribution >= 0.6 is 0 Å². The van der Waals surface area contributed by atoms with E-state index in [0.717, 1.165) is 19.8 Å². The monoisotopic (exact) mass is 189 g/mol. The number of hydrogen-bond donors (Lipinski definition) is 1. The van der Waals surface area contributed by atoms with E-state index in [9.17, 15) is 0 Å². The Morgan fingerprint density at radius 2 is 2.00 bits per heavy atom. The Balaban J connectivity index is 3.41. The standard InChI is InChI=1S/C10H23NO2/c1-4-5-6-10(9-13-3)11-7-8-12-2/h10-11H,4-9H2,1-3H3. The van der Waals surface area contributed by atoms with Gasteiger partial charge in [0.05, 0.1) is 13.2 Å². The van der Waals surface area contributed by atoms with Crippen molar-refractivity contribution < 1.29 is 9.47 Å². The average molecular weight is 189 g/mol. The molecule has 0 spiro atoms. The Morgan fingerprint density at radius 3 is 2.54 bits per heavy atom. The molecule has 0 aromatic carbocycles. The number of hydrogen-bond acceptors (Lipinski definition) is 3. The molecule has 0 heterocycles. The Labute approximate surface area is 81.8 Å². The van der Waals surface area contributed by atoms with Gasteiger partial charge in [-0.15, -0.1) is 0 Å². The SMILES string of the molecule is CCCCC(COC)NCCOC. The Kier molecular flexibility index (Phi) is 9.87. The van der Waals surface area contributed by atoms with E-state index in [-0.39, 0.29) is 0 Å². The predicted octanol–water partition coefficient (Wildman–Crippen LogP) is 1.43. The summed E-state index contributed by atoms with van der Waals surface area (Å²) < 4.78 is 10.1. The predicted molar refractivity (Wildman–Crippen MR) is 55.1 cm³/mol. The van der Waals surface area contributed by atoms with Crippen LogP contribution in [0.2, 0.25) is 0 Å². The molecule has 0 fully saturated rings. The molecule has 0 aliphatic heterocycles. The molecule has 0 saturated heterocycles. The molecule has 80 valence electrons. The summed E-state index contributed by atoms with van der Waals surface area (Å²) in [5.74, 6) is 0. The zero-order valence-electron chi connectivity index (χ0n) is 9.14. The number of methoxy groups -OCH3 is 2. The highest BCUT2D eigenvalue weighted by Crippen LogP contribution is 2.00. The summed E-state index contributed by atoms with van der Waals surface area (Å²) in [5.41, 5.74) is 0. The summed E-state index contributed by atoms with van der Waals surface area (Å²) in [5, 5.41) is 3.41. The minimum absolute atomic E-state index is 0.486. The van der Waals surface area contributed by atoms with Crippen LogP contribution in [0.25, 0.3) is 0 Å². The second-order valence-corrected chi connectivity index (χ2v) is 3.24. The lowest BCUT2D eigenvalue weighted by Crippen LogP contribution is -2.35. The second-order valence-electron chi connectivity index (χ2n) is 3.24. The van der Waals surface area contributed by atoms with Crippen LogP contribution in [-0.2, 0) is 9.47 Å². The van der Waals surface area contributed by atoms with Gasteiger partial charge in [0.2, 0.25) is 0 Å². The Morgan fingerprint density at radius 1 is 1.23 bits per heavy atom. The molecule has 1 unspecified atom stereocenters. The van der Waals surface area contributed by atoms with Crippen LogP contribution < -0.4 is 5.32 Å². The molecule has 13 heavy (non-hydrogen) atoms. The summed E-state index contributed by atoms with van der Waals surface area (Å²) in [4.78, 5) is 0. The summed E-state index contributed by atoms with van der Waals surface area (Å²) in [6.45, 7) is 4.68. The molecule has 3 heteroatoms. The van der Waals surface area contributed by atoms with Gasteiger partial charge < -0.3 is 14.8 Å². The van der Waals surface area contributed by atoms with Gasteiger partial charge in [0.1, 0.15) is 0 Å². The molecule has 0 aromatic heterocycles. The smallest absolute Gasteiger partial charge is 0.0615 e. The molecule has 0 saturated carbocycles. The highest BCUT2D eigenvalue weighted by molar-refractivity contribution is 4.65. The molecule has 3 nitrogen and oxygen atoms in total. The van der Waals surface area contributed by atoms with Crippen molar-refractivity contribution in [1.29, 1.82) is 0 Å². The summed E-state index contributed by atoms with van der Waals surface area (Å²) in [7, 11) is 3.47. The number of unbranched alkanes of at least 4 members (excludes halogenated alkanes) is 1. The van der Waals surface area contributed by atoms with Crippen molar-refractivity contribution in [2.75, 3.05) is 34.0 Å². The lowest BCUT2D eigenvalue weighted by Gasteiger charge is -2.17. The lowest BCUT2D eigenvalue weighted by molar-refractivity contribution is 0.148. The molecule has 0 aliphatic rings. The second kappa shape index (κ2) is 9.96. The third-order valence-corrected chi connectivity index (χ3v) is 2.01. The van der Waals surface area contributed by atoms with E-state index < -0.39 is 0 Å². The van der Waals surface area contributed by atoms with Gasteiger partial charge in [0, 0.05) is 26.8 Å². The molecule has 0 aliphatic carbocycles. The van der Waals surface area contributed by atoms with E-state index in [4.69, 9.17) is 9.47 Å². The molecule has 0 bridgehead atoms. The van der Waals surface area contributed by atoms with Crippen molar-refractivity contribution in [3.63, 3.8) is 0 Å². The number of nitrogens with one attached hydrogen (secondary N) is 1. The van der Waals surface area contributed by atoms with Crippen molar-refractivity contribution in [1.82, 2.24) is 5.32 Å². The number of rotatable bonds is 9. The van der Waals surface area contributed by atoms with Gasteiger partial charge in [-0.05, 0) is 6.42 Å². The Hall–Kier alpha value is -0.120. The molecule has 1 atom stereocenters. The molecular formula is C10H23NO2. The minimum atomic E-state index is 0.486. The maximum absolute atomic E-state index is 5.13. The van der Waals surface area contributed by atoms with Gasteiger partial charge in [-0.2, -0.15) is 0 Å². The summed E-state index contributed by atoms with van der Waals surface area (Å²) in [6, 6.07) is 0.486. The Bertz CT molecular complexity index is 98.9. The lowest BCUT2D eigenvalue weighted by atomic mass is 10.1. The van der Waals surface area contributed by atoms with Gasteiger partial charge in [-0.1, -0.05) is 19.8 Å². The van der Waals surface area contributed by atoms with Crippen LogP contribution in [0, 0.1) is 0 Å². The quantitative estimate of drug-likeness (QED) is 0.557. The maximum Gasteiger partial charge on any atom is 0.0615 e. The van der Waals surface area contributed by atoms with E-state index in [2.05, 4.69) is 12.2 Å². The first-order valence-corrected chi connectivity index (χ1v) is 5.06. The highest BCUT2D eigenvalue weighted by Gasteiger charge is 2.05. The highest BCUT2D eigenvalue weighted by atomic mass is 16.5. The molecule has 1 N–H and O–H groups in total. The molecule has 0 aromatic rings. The van der Waals surface area contributed by atoms with Crippen LogP contribution in [0.1, 0.15) is 26.2 Å². The normalized spacial score (nSPS) is 13.2. The van der Waals surface area contributed by atoms with Gasteiger partial charge in [0.25, 0.3) is 0 Å². The third kappa shape index (κ3) is 8.22. The van der Waals surface area contributed by atoms with Gasteiger partial charge in [0.15, 0.2) is 0 Å². The summed E-state index contributed by atoms with van der Waals surface area (Å²) in [6.07, 6.45) is 3.69. The topological polar surface area (TPSA) is 30.5 Å². The van der Waals surface area contributed by atoms with E-state index in [0.29, 0.717) is 6.04 Å². The van der Waals surface area contributed by atoms with E-state index in [1.165, 1.54) is 19.3 Å². The van der Waals surface area contributed by atoms with Crippen molar-refractivity contribution >= 4 is 0 Å². The van der Waals surface area contributed by atoms with Crippen molar-refractivity contribution in [3.8, 4) is 0 Å². The van der Waals surface area contributed by atoms with Crippen LogP contribution in [0.3, 0.4) is 0 Å². The first-order chi connectivity index (χ1) is 6.35. The van der Waals surface area contributed by atoms with Crippen molar-refractivity contribution in [2.45, 2.75) is 32.2 Å². The van der Waals surface area contributed by atoms with E-state index >= 15 is 0 Å². The van der Waals surface area contributed by atoms with Crippen LogP contribution in [0.4, 0.5) is 0 Å². The van der Waals surface area contributed by atoms with Crippen LogP contribution in [0.15, 0.2) is 0 Å². The average Bonchev–Trinajstić information content (AvgIpc) is 2.14. The van der Waals surface area contributed by atoms with Crippen LogP contribution in [0.5, 0.6) is 0 Å². The fraction of sp³-hybridized carbons (Fsp3) is 1.00. The molecular weight excluding hydrogens is 166 g/mol. The minimum Gasteiger partial charge on any atom is -0.383 e. The molecule has 0 amide bonds. The van der Waals surface area contributed by atoms with E-state index in [1.807, 2.05) is 0 Å². The van der Waals surface area contributed by atoms with E-state index in [1.54, 1.807) is 14.2 Å². The third-order valence-electron chi connectivity index (χ3n) is 2.01. The van der Waals surface area contributed by atoms with Gasteiger partial charge in [-0.3, -0.25) is 0 Å². The fourth-order valence-electron chi connectivity index (χ4n) is 1.26. The first kappa shape index (κ1) is 12.9. The van der Waals surface area contributed by atoms with Crippen molar-refractivity contribution in [2.24, 2.45) is 0 Å². The van der Waals surface area contributed by atoms with Gasteiger partial charge in [-0.25, -0.2) is 0 Å². The van der Waals surface area contributed by atoms with Crippen LogP contribution in [-0.4, -0.2) is 40.0 Å². The maximum atomic E-state index is 5.13. The number of ether oxygens (including phenoxy) is 2. The fourth-order valence-corrected chi connectivity index (χ4v) is 1.26. The molecule has 0 radical (unpaired) electrons. The zero-order chi connectivity index (χ0) is 9.94. The molecule has 0 rings (SSSR count). The first-order valence-electron chi connectivity index (χ1n) is 5.06. The summed E-state index contributed by atoms with van der Waals surface area (Å²) >= 11 is 0. The zero-order valence-corrected chi connectivity index (χ0v) is 9.14. The van der Waals surface area contributed by atoms with Gasteiger partial charge >= 0.3 is 0 Å². The van der Waals surface area contributed by atoms with Crippen molar-refractivity contribution in [3.05, 3.63) is 0 Å².